The van der Waals surface area contributed by atoms with E-state index in [1.165, 1.54) is 77.0 Å². The van der Waals surface area contributed by atoms with E-state index in [4.69, 9.17) is 0 Å². The monoisotopic (exact) mass is 368 g/mol. The van der Waals surface area contributed by atoms with E-state index in [0.717, 1.165) is 18.8 Å². The first-order valence-corrected chi connectivity index (χ1v) is 11.6. The number of hydrogen-bond donors (Lipinski definition) is 1. The lowest BCUT2D eigenvalue weighted by Crippen LogP contribution is -2.25. The normalized spacial score (nSPS) is 15.2. The molecule has 26 heavy (non-hydrogen) atoms. The molecule has 0 spiro atoms. The highest BCUT2D eigenvalue weighted by atomic mass is 16.4. The summed E-state index contributed by atoms with van der Waals surface area (Å²) in [6.07, 6.45) is 17.2. The Balaban J connectivity index is 4.10. The SMILES string of the molecule is CCCCC(CCC)CC(C(=O)O)C(C)CCCCCCCCC(C)C. The number of carboxylic acid groups (broad SMARTS) is 1. The standard InChI is InChI=1S/C24H48O2/c1-6-8-18-22(15-7-2)19-23(24(25)26)21(5)17-14-12-10-9-11-13-16-20(3)4/h20-23H,6-19H2,1-5H3,(H,25,26). The van der Waals surface area contributed by atoms with Crippen LogP contribution < -0.4 is 0 Å². The van der Waals surface area contributed by atoms with Crippen LogP contribution in [0.4, 0.5) is 0 Å². The molecule has 0 radical (unpaired) electrons. The average Bonchev–Trinajstić information content (AvgIpc) is 2.58. The van der Waals surface area contributed by atoms with Crippen LogP contribution in [0.1, 0.15) is 125 Å². The maximum Gasteiger partial charge on any atom is 0.306 e. The molecule has 0 fully saturated rings. The topological polar surface area (TPSA) is 37.3 Å². The number of hydrogen-bond acceptors (Lipinski definition) is 1. The lowest BCUT2D eigenvalue weighted by atomic mass is 9.80. The summed E-state index contributed by atoms with van der Waals surface area (Å²) in [5.41, 5.74) is 0. The molecule has 0 saturated heterocycles. The van der Waals surface area contributed by atoms with Gasteiger partial charge in [0.25, 0.3) is 0 Å². The smallest absolute Gasteiger partial charge is 0.306 e. The van der Waals surface area contributed by atoms with Crippen LogP contribution >= 0.6 is 0 Å². The number of unbranched alkanes of at least 4 members (excludes halogenated alkanes) is 6. The maximum atomic E-state index is 11.8. The van der Waals surface area contributed by atoms with Crippen LogP contribution in [0.2, 0.25) is 0 Å². The van der Waals surface area contributed by atoms with Crippen LogP contribution in [0.5, 0.6) is 0 Å². The van der Waals surface area contributed by atoms with E-state index in [9.17, 15) is 9.90 Å². The molecule has 0 aliphatic rings. The third-order valence-electron chi connectivity index (χ3n) is 5.95. The van der Waals surface area contributed by atoms with E-state index in [1.807, 2.05) is 0 Å². The van der Waals surface area contributed by atoms with Gasteiger partial charge in [0.2, 0.25) is 0 Å². The molecule has 2 heteroatoms. The Morgan fingerprint density at radius 2 is 1.31 bits per heavy atom. The minimum Gasteiger partial charge on any atom is -0.481 e. The molecule has 0 rings (SSSR count). The molecule has 0 aromatic heterocycles. The fourth-order valence-electron chi connectivity index (χ4n) is 4.14. The van der Waals surface area contributed by atoms with Crippen molar-refractivity contribution in [2.45, 2.75) is 125 Å². The zero-order chi connectivity index (χ0) is 19.8. The largest absolute Gasteiger partial charge is 0.481 e. The molecule has 0 aromatic carbocycles. The third kappa shape index (κ3) is 13.6. The van der Waals surface area contributed by atoms with Crippen molar-refractivity contribution in [3.63, 3.8) is 0 Å². The number of carboxylic acids is 1. The second-order valence-corrected chi connectivity index (χ2v) is 9.05. The number of aliphatic carboxylic acids is 1. The summed E-state index contributed by atoms with van der Waals surface area (Å²) in [7, 11) is 0. The highest BCUT2D eigenvalue weighted by molar-refractivity contribution is 5.70. The van der Waals surface area contributed by atoms with Crippen LogP contribution in [-0.2, 0) is 4.79 Å². The lowest BCUT2D eigenvalue weighted by Gasteiger charge is -2.25. The van der Waals surface area contributed by atoms with E-state index < -0.39 is 5.97 Å². The highest BCUT2D eigenvalue weighted by Crippen LogP contribution is 2.30. The van der Waals surface area contributed by atoms with Crippen LogP contribution in [0.3, 0.4) is 0 Å². The molecule has 0 bridgehead atoms. The third-order valence-corrected chi connectivity index (χ3v) is 5.95. The van der Waals surface area contributed by atoms with E-state index in [1.54, 1.807) is 0 Å². The molecule has 0 aromatic rings. The van der Waals surface area contributed by atoms with Crippen LogP contribution in [0, 0.1) is 23.7 Å². The quantitative estimate of drug-likeness (QED) is 0.248. The second-order valence-electron chi connectivity index (χ2n) is 9.05. The lowest BCUT2D eigenvalue weighted by molar-refractivity contribution is -0.144. The Bertz CT molecular complexity index is 324. The minimum absolute atomic E-state index is 0.144. The summed E-state index contributed by atoms with van der Waals surface area (Å²) in [5.74, 6) is 1.04. The second kappa shape index (κ2) is 16.6. The maximum absolute atomic E-state index is 11.8. The van der Waals surface area contributed by atoms with Gasteiger partial charge in [-0.3, -0.25) is 4.79 Å². The van der Waals surface area contributed by atoms with Gasteiger partial charge in [0.1, 0.15) is 0 Å². The van der Waals surface area contributed by atoms with Crippen molar-refractivity contribution < 1.29 is 9.90 Å². The van der Waals surface area contributed by atoms with Crippen molar-refractivity contribution >= 4 is 5.97 Å². The summed E-state index contributed by atoms with van der Waals surface area (Å²) in [6.45, 7) is 11.2. The predicted octanol–water partition coefficient (Wildman–Crippen LogP) is 8.10. The molecule has 156 valence electrons. The zero-order valence-electron chi connectivity index (χ0n) is 18.6. The van der Waals surface area contributed by atoms with E-state index in [0.29, 0.717) is 11.8 Å². The summed E-state index contributed by atoms with van der Waals surface area (Å²) in [5, 5.41) is 9.73. The van der Waals surface area contributed by atoms with Gasteiger partial charge in [-0.2, -0.15) is 0 Å². The van der Waals surface area contributed by atoms with Crippen LogP contribution in [-0.4, -0.2) is 11.1 Å². The molecule has 0 saturated carbocycles. The van der Waals surface area contributed by atoms with Crippen molar-refractivity contribution in [1.29, 1.82) is 0 Å². The first-order valence-electron chi connectivity index (χ1n) is 11.6. The molecule has 1 N–H and O–H groups in total. The first kappa shape index (κ1) is 25.5. The minimum atomic E-state index is -0.566. The predicted molar refractivity (Wildman–Crippen MR) is 115 cm³/mol. The molecule has 0 heterocycles. The van der Waals surface area contributed by atoms with Crippen molar-refractivity contribution in [2.75, 3.05) is 0 Å². The summed E-state index contributed by atoms with van der Waals surface area (Å²) >= 11 is 0. The fourth-order valence-corrected chi connectivity index (χ4v) is 4.14. The molecule has 0 aliphatic carbocycles. The molecule has 3 atom stereocenters. The Hall–Kier alpha value is -0.530. The molecule has 3 unspecified atom stereocenters. The fraction of sp³-hybridized carbons (Fsp3) is 0.958. The van der Waals surface area contributed by atoms with Crippen molar-refractivity contribution in [3.05, 3.63) is 0 Å². The Kier molecular flexibility index (Phi) is 16.3. The molecule has 0 amide bonds. The van der Waals surface area contributed by atoms with Crippen LogP contribution in [0.15, 0.2) is 0 Å². The molecule has 0 aliphatic heterocycles. The van der Waals surface area contributed by atoms with Gasteiger partial charge in [0.15, 0.2) is 0 Å². The van der Waals surface area contributed by atoms with Gasteiger partial charge in [0.05, 0.1) is 5.92 Å². The van der Waals surface area contributed by atoms with Crippen molar-refractivity contribution in [1.82, 2.24) is 0 Å². The van der Waals surface area contributed by atoms with Gasteiger partial charge in [-0.1, -0.05) is 112 Å². The number of rotatable bonds is 18. The van der Waals surface area contributed by atoms with E-state index >= 15 is 0 Å². The summed E-state index contributed by atoms with van der Waals surface area (Å²) in [6, 6.07) is 0. The summed E-state index contributed by atoms with van der Waals surface area (Å²) < 4.78 is 0. The molecule has 2 nitrogen and oxygen atoms in total. The van der Waals surface area contributed by atoms with E-state index in [-0.39, 0.29) is 5.92 Å². The Labute approximate surface area is 164 Å². The van der Waals surface area contributed by atoms with E-state index in [2.05, 4.69) is 34.6 Å². The average molecular weight is 369 g/mol. The Morgan fingerprint density at radius 1 is 0.731 bits per heavy atom. The van der Waals surface area contributed by atoms with Crippen LogP contribution in [0.25, 0.3) is 0 Å². The molecular weight excluding hydrogens is 320 g/mol. The van der Waals surface area contributed by atoms with Gasteiger partial charge in [-0.05, 0) is 30.6 Å². The van der Waals surface area contributed by atoms with Gasteiger partial charge < -0.3 is 5.11 Å². The Morgan fingerprint density at radius 3 is 1.81 bits per heavy atom. The first-order chi connectivity index (χ1) is 12.4. The highest BCUT2D eigenvalue weighted by Gasteiger charge is 2.27. The van der Waals surface area contributed by atoms with Gasteiger partial charge in [-0.15, -0.1) is 0 Å². The zero-order valence-corrected chi connectivity index (χ0v) is 18.6. The van der Waals surface area contributed by atoms with Gasteiger partial charge in [-0.25, -0.2) is 0 Å². The molecular formula is C24H48O2. The van der Waals surface area contributed by atoms with Crippen molar-refractivity contribution in [3.8, 4) is 0 Å². The van der Waals surface area contributed by atoms with Crippen molar-refractivity contribution in [2.24, 2.45) is 23.7 Å². The summed E-state index contributed by atoms with van der Waals surface area (Å²) in [4.78, 5) is 11.8. The van der Waals surface area contributed by atoms with Gasteiger partial charge in [0, 0.05) is 0 Å². The number of carbonyl (C=O) groups is 1. The van der Waals surface area contributed by atoms with Gasteiger partial charge >= 0.3 is 5.97 Å².